The van der Waals surface area contributed by atoms with Crippen LogP contribution < -0.4 is 0 Å². The van der Waals surface area contributed by atoms with Gasteiger partial charge in [-0.25, -0.2) is 4.79 Å². The van der Waals surface area contributed by atoms with E-state index in [4.69, 9.17) is 21.3 Å². The van der Waals surface area contributed by atoms with Crippen LogP contribution in [0, 0.1) is 11.8 Å². The predicted octanol–water partition coefficient (Wildman–Crippen LogP) is 7.11. The minimum atomic E-state index is -0.851. The standard InChI is InChI=1S/C32H44ClN3O2S/c1-5-19-36-23-34-32(31(37)38-4,22-39-21-25-9-7-6-8-10-25)29(36)20-24-11-13-26(14-12-24)30(35(2)3)27-15-17-28(33)18-16-27/h6-10,15-18,23-24,26,29-30H,5,11-14,19-22H2,1-4H3. The van der Waals surface area contributed by atoms with Crippen molar-refractivity contribution in [3.63, 3.8) is 0 Å². The summed E-state index contributed by atoms with van der Waals surface area (Å²) in [6.07, 6.45) is 8.65. The normalized spacial score (nSPS) is 25.7. The molecule has 4 rings (SSSR count). The van der Waals surface area contributed by atoms with Crippen LogP contribution in [-0.2, 0) is 15.3 Å². The maximum Gasteiger partial charge on any atom is 0.336 e. The lowest BCUT2D eigenvalue weighted by Crippen LogP contribution is -2.54. The van der Waals surface area contributed by atoms with Crippen molar-refractivity contribution < 1.29 is 9.53 Å². The van der Waals surface area contributed by atoms with Gasteiger partial charge in [0, 0.05) is 29.1 Å². The average molecular weight is 570 g/mol. The van der Waals surface area contributed by atoms with E-state index in [1.165, 1.54) is 43.9 Å². The van der Waals surface area contributed by atoms with Crippen LogP contribution in [0.5, 0.6) is 0 Å². The Kier molecular flexibility index (Phi) is 10.8. The number of rotatable bonds is 12. The van der Waals surface area contributed by atoms with Crippen LogP contribution in [0.1, 0.15) is 62.6 Å². The molecule has 1 heterocycles. The number of hydrogen-bond acceptors (Lipinski definition) is 6. The van der Waals surface area contributed by atoms with Crippen LogP contribution in [0.3, 0.4) is 0 Å². The van der Waals surface area contributed by atoms with E-state index >= 15 is 0 Å². The molecule has 3 atom stereocenters. The highest BCUT2D eigenvalue weighted by atomic mass is 35.5. The van der Waals surface area contributed by atoms with Gasteiger partial charge in [-0.2, -0.15) is 11.8 Å². The maximum atomic E-state index is 13.4. The molecule has 1 aliphatic heterocycles. The molecule has 0 amide bonds. The van der Waals surface area contributed by atoms with Crippen molar-refractivity contribution in [2.45, 2.75) is 68.8 Å². The number of halogens is 1. The quantitative estimate of drug-likeness (QED) is 0.255. The van der Waals surface area contributed by atoms with Crippen molar-refractivity contribution in [1.29, 1.82) is 0 Å². The van der Waals surface area contributed by atoms with E-state index in [1.807, 2.05) is 24.5 Å². The number of hydrogen-bond donors (Lipinski definition) is 0. The summed E-state index contributed by atoms with van der Waals surface area (Å²) in [5, 5.41) is 0.784. The molecule has 2 aliphatic rings. The Bertz CT molecular complexity index is 1070. The Morgan fingerprint density at radius 1 is 1.13 bits per heavy atom. The molecule has 0 N–H and O–H groups in total. The molecule has 0 bridgehead atoms. The smallest absolute Gasteiger partial charge is 0.336 e. The Balaban J connectivity index is 1.45. The summed E-state index contributed by atoms with van der Waals surface area (Å²) in [4.78, 5) is 23.0. The molecule has 0 saturated heterocycles. The van der Waals surface area contributed by atoms with Crippen LogP contribution in [0.25, 0.3) is 0 Å². The zero-order valence-electron chi connectivity index (χ0n) is 23.9. The molecule has 0 radical (unpaired) electrons. The number of aliphatic imine (C=N–C) groups is 1. The largest absolute Gasteiger partial charge is 0.467 e. The zero-order valence-corrected chi connectivity index (χ0v) is 25.5. The third kappa shape index (κ3) is 7.20. The Labute approximate surface area is 244 Å². The molecule has 3 unspecified atom stereocenters. The van der Waals surface area contributed by atoms with E-state index in [0.29, 0.717) is 23.6 Å². The zero-order chi connectivity index (χ0) is 27.8. The van der Waals surface area contributed by atoms with Crippen LogP contribution in [-0.4, -0.2) is 67.2 Å². The lowest BCUT2D eigenvalue weighted by molar-refractivity contribution is -0.147. The highest BCUT2D eigenvalue weighted by Crippen LogP contribution is 2.43. The van der Waals surface area contributed by atoms with Crippen LogP contribution >= 0.6 is 23.4 Å². The molecule has 0 aromatic heterocycles. The number of carbonyl (C=O) groups is 1. The fourth-order valence-corrected chi connectivity index (χ4v) is 7.94. The summed E-state index contributed by atoms with van der Waals surface area (Å²) < 4.78 is 5.41. The molecular formula is C32H44ClN3O2S. The summed E-state index contributed by atoms with van der Waals surface area (Å²) >= 11 is 7.95. The van der Waals surface area contributed by atoms with Crippen LogP contribution in [0.2, 0.25) is 5.02 Å². The van der Waals surface area contributed by atoms with Gasteiger partial charge in [-0.15, -0.1) is 0 Å². The van der Waals surface area contributed by atoms with Gasteiger partial charge in [-0.3, -0.25) is 4.99 Å². The number of thioether (sulfide) groups is 1. The second kappa shape index (κ2) is 14.0. The van der Waals surface area contributed by atoms with Gasteiger partial charge in [0.05, 0.1) is 19.5 Å². The first-order chi connectivity index (χ1) is 18.9. The van der Waals surface area contributed by atoms with E-state index in [0.717, 1.165) is 30.2 Å². The van der Waals surface area contributed by atoms with E-state index in [1.54, 1.807) is 11.8 Å². The molecule has 2 aromatic carbocycles. The molecule has 1 aliphatic carbocycles. The Morgan fingerprint density at radius 2 is 1.82 bits per heavy atom. The number of ether oxygens (including phenoxy) is 1. The van der Waals surface area contributed by atoms with Crippen molar-refractivity contribution in [2.24, 2.45) is 16.8 Å². The molecular weight excluding hydrogens is 526 g/mol. The van der Waals surface area contributed by atoms with E-state index in [-0.39, 0.29) is 12.0 Å². The molecule has 212 valence electrons. The molecule has 7 heteroatoms. The van der Waals surface area contributed by atoms with Crippen LogP contribution in [0.15, 0.2) is 59.6 Å². The second-order valence-electron chi connectivity index (χ2n) is 11.4. The van der Waals surface area contributed by atoms with Crippen LogP contribution in [0.4, 0.5) is 0 Å². The summed E-state index contributed by atoms with van der Waals surface area (Å²) in [6, 6.07) is 19.2. The highest BCUT2D eigenvalue weighted by molar-refractivity contribution is 7.98. The first-order valence-electron chi connectivity index (χ1n) is 14.3. The van der Waals surface area contributed by atoms with Gasteiger partial charge in [0.15, 0.2) is 5.54 Å². The maximum absolute atomic E-state index is 13.4. The van der Waals surface area contributed by atoms with E-state index in [9.17, 15) is 4.79 Å². The van der Waals surface area contributed by atoms with Gasteiger partial charge in [0.25, 0.3) is 0 Å². The number of benzene rings is 2. The topological polar surface area (TPSA) is 45.1 Å². The monoisotopic (exact) mass is 569 g/mol. The first-order valence-corrected chi connectivity index (χ1v) is 15.8. The molecule has 0 spiro atoms. The fraction of sp³-hybridized carbons (Fsp3) is 0.562. The highest BCUT2D eigenvalue weighted by Gasteiger charge is 2.52. The van der Waals surface area contributed by atoms with Gasteiger partial charge in [-0.05, 0) is 74.9 Å². The lowest BCUT2D eigenvalue weighted by Gasteiger charge is -2.41. The SMILES string of the molecule is CCCN1C=NC(CSCc2ccccc2)(C(=O)OC)C1CC1CCC(C(c2ccc(Cl)cc2)N(C)C)CC1. The molecule has 5 nitrogen and oxygen atoms in total. The number of nitrogens with zero attached hydrogens (tertiary/aromatic N) is 3. The second-order valence-corrected chi connectivity index (χ2v) is 12.8. The first kappa shape index (κ1) is 30.0. The van der Waals surface area contributed by atoms with Gasteiger partial charge in [0.2, 0.25) is 0 Å². The van der Waals surface area contributed by atoms with Gasteiger partial charge >= 0.3 is 5.97 Å². The Hall–Kier alpha value is -2.02. The van der Waals surface area contributed by atoms with Gasteiger partial charge in [0.1, 0.15) is 0 Å². The third-order valence-corrected chi connectivity index (χ3v) is 9.94. The van der Waals surface area contributed by atoms with E-state index < -0.39 is 5.54 Å². The minimum absolute atomic E-state index is 0.0376. The third-order valence-electron chi connectivity index (χ3n) is 8.50. The summed E-state index contributed by atoms with van der Waals surface area (Å²) in [5.41, 5.74) is 1.75. The summed E-state index contributed by atoms with van der Waals surface area (Å²) in [7, 11) is 5.87. The van der Waals surface area contributed by atoms with Crippen molar-refractivity contribution in [3.8, 4) is 0 Å². The van der Waals surface area contributed by atoms with Gasteiger partial charge in [-0.1, -0.05) is 73.8 Å². The van der Waals surface area contributed by atoms with E-state index in [2.05, 4.69) is 67.2 Å². The number of carbonyl (C=O) groups excluding carboxylic acids is 1. The molecule has 1 saturated carbocycles. The van der Waals surface area contributed by atoms with Crippen molar-refractivity contribution in [3.05, 3.63) is 70.7 Å². The molecule has 2 aromatic rings. The summed E-state index contributed by atoms with van der Waals surface area (Å²) in [5.74, 6) is 2.47. The van der Waals surface area contributed by atoms with Crippen molar-refractivity contribution in [2.75, 3.05) is 33.5 Å². The lowest BCUT2D eigenvalue weighted by atomic mass is 9.73. The predicted molar refractivity (Wildman–Crippen MR) is 165 cm³/mol. The average Bonchev–Trinajstić information content (AvgIpc) is 3.28. The van der Waals surface area contributed by atoms with Gasteiger partial charge < -0.3 is 14.5 Å². The number of esters is 1. The molecule has 1 fully saturated rings. The summed E-state index contributed by atoms with van der Waals surface area (Å²) in [6.45, 7) is 3.10. The molecule has 39 heavy (non-hydrogen) atoms. The van der Waals surface area contributed by atoms with Crippen molar-refractivity contribution >= 4 is 35.7 Å². The minimum Gasteiger partial charge on any atom is -0.467 e. The Morgan fingerprint density at radius 3 is 2.44 bits per heavy atom. The fourth-order valence-electron chi connectivity index (χ4n) is 6.58. The van der Waals surface area contributed by atoms with Crippen molar-refractivity contribution in [1.82, 2.24) is 9.80 Å². The number of methoxy groups -OCH3 is 1.